The second kappa shape index (κ2) is 12.3. The monoisotopic (exact) mass is 641 g/mol. The van der Waals surface area contributed by atoms with Crippen LogP contribution in [0.1, 0.15) is 56.2 Å². The highest BCUT2D eigenvalue weighted by atomic mass is 35.5. The molecule has 6 atom stereocenters. The van der Waals surface area contributed by atoms with Crippen molar-refractivity contribution in [2.24, 2.45) is 17.6 Å². The summed E-state index contributed by atoms with van der Waals surface area (Å²) in [6, 6.07) is 1.09. The molecule has 0 unspecified atom stereocenters. The van der Waals surface area contributed by atoms with Crippen molar-refractivity contribution in [2.45, 2.75) is 76.2 Å². The number of hydrogen-bond acceptors (Lipinski definition) is 10. The van der Waals surface area contributed by atoms with E-state index >= 15 is 0 Å². The van der Waals surface area contributed by atoms with Crippen LogP contribution < -0.4 is 10.5 Å². The zero-order valence-electron chi connectivity index (χ0n) is 24.9. The number of aliphatic hydroxyl groups excluding tert-OH is 2. The molecule has 1 aliphatic heterocycles. The number of phenolic OH excluding ortho intramolecular Hbond substituents is 1. The van der Waals surface area contributed by atoms with E-state index in [9.17, 15) is 34.8 Å². The summed E-state index contributed by atoms with van der Waals surface area (Å²) in [5.41, 5.74) is 3.02. The standard InChI is InChI=1S/C30H39N3O8.2ClH/c1-13-7-6-8-14(2)33(13)12-16-11-19(34)21-17(26(16)41-5)9-15-10-18-23(32(3)4)25(36)22(29(31)39)28(38)30(18,40)27(37)20(15)24(21)35;;/h11,13-15,18,23,34-35,38,40H,6-10,12H2,1-5H3,(H2,31,39);2*1H/t13-,14+,15-,18-,23-,30-;;/m0../s1. The molecule has 0 spiro atoms. The molecule has 13 heteroatoms. The van der Waals surface area contributed by atoms with E-state index in [2.05, 4.69) is 18.7 Å². The highest BCUT2D eigenvalue weighted by molar-refractivity contribution is 6.24. The zero-order chi connectivity index (χ0) is 30.1. The number of Topliss-reactive ketones (excluding diaryl/α,β-unsaturated/α-hetero) is 2. The van der Waals surface area contributed by atoms with Crippen LogP contribution in [0.5, 0.6) is 11.5 Å². The topological polar surface area (TPSA) is 174 Å². The van der Waals surface area contributed by atoms with Gasteiger partial charge in [-0.05, 0) is 65.6 Å². The Morgan fingerprint density at radius 1 is 1.14 bits per heavy atom. The lowest BCUT2D eigenvalue weighted by Gasteiger charge is -2.50. The summed E-state index contributed by atoms with van der Waals surface area (Å²) in [6.45, 7) is 4.88. The molecule has 11 nitrogen and oxygen atoms in total. The van der Waals surface area contributed by atoms with E-state index in [0.717, 1.165) is 24.8 Å². The van der Waals surface area contributed by atoms with Crippen molar-refractivity contribution in [2.75, 3.05) is 21.2 Å². The fourth-order valence-corrected chi connectivity index (χ4v) is 7.71. The van der Waals surface area contributed by atoms with Crippen molar-refractivity contribution in [1.29, 1.82) is 0 Å². The average molecular weight is 643 g/mol. The van der Waals surface area contributed by atoms with Gasteiger partial charge in [0.1, 0.15) is 28.6 Å². The lowest BCUT2D eigenvalue weighted by molar-refractivity contribution is -0.153. The predicted molar refractivity (Wildman–Crippen MR) is 164 cm³/mol. The number of carbonyl (C=O) groups excluding carboxylic acids is 3. The molecule has 1 aromatic rings. The third-order valence-corrected chi connectivity index (χ3v) is 9.68. The molecule has 6 N–H and O–H groups in total. The number of likely N-dealkylation sites (tertiary alicyclic amines) is 1. The van der Waals surface area contributed by atoms with Gasteiger partial charge in [0.05, 0.1) is 18.7 Å². The number of aromatic hydroxyl groups is 1. The number of halogens is 2. The number of ketones is 2. The van der Waals surface area contributed by atoms with Crippen molar-refractivity contribution < 1.29 is 39.5 Å². The van der Waals surface area contributed by atoms with Crippen LogP contribution in [0.15, 0.2) is 23.0 Å². The Bertz CT molecular complexity index is 1400. The maximum Gasteiger partial charge on any atom is 0.255 e. The van der Waals surface area contributed by atoms with Gasteiger partial charge in [-0.25, -0.2) is 0 Å². The first-order valence-electron chi connectivity index (χ1n) is 14.1. The second-order valence-electron chi connectivity index (χ2n) is 12.2. The van der Waals surface area contributed by atoms with E-state index in [-0.39, 0.29) is 54.5 Å². The molecule has 0 aromatic heterocycles. The highest BCUT2D eigenvalue weighted by Crippen LogP contribution is 2.54. The Kier molecular flexibility index (Phi) is 9.90. The molecular formula is C30H41Cl2N3O8. The minimum Gasteiger partial charge on any atom is -0.508 e. The minimum atomic E-state index is -2.66. The van der Waals surface area contributed by atoms with Crippen molar-refractivity contribution in [3.63, 3.8) is 0 Å². The number of likely N-dealkylation sites (N-methyl/N-ethyl adjacent to an activating group) is 1. The van der Waals surface area contributed by atoms with Crippen LogP contribution in [-0.2, 0) is 27.3 Å². The first-order chi connectivity index (χ1) is 19.2. The average Bonchev–Trinajstić information content (AvgIpc) is 2.88. The maximum absolute atomic E-state index is 14.0. The summed E-state index contributed by atoms with van der Waals surface area (Å²) in [5, 5.41) is 45.4. The predicted octanol–water partition coefficient (Wildman–Crippen LogP) is 2.58. The molecular weight excluding hydrogens is 601 g/mol. The summed E-state index contributed by atoms with van der Waals surface area (Å²) in [5.74, 6) is -6.22. The lowest BCUT2D eigenvalue weighted by Crippen LogP contribution is -2.65. The number of nitrogens with two attached hydrogens (primary N) is 1. The third kappa shape index (κ3) is 5.08. The minimum absolute atomic E-state index is 0. The fourth-order valence-electron chi connectivity index (χ4n) is 7.71. The SMILES string of the molecule is COc1c(CN2[C@H](C)CCC[C@@H]2C)cc(O)c2c1C[C@H]1C[C@H]3[C@H](N(C)C)C(=O)C(C(N)=O)=C(O)[C@@]3(O)C(=O)C1=C2O.Cl.Cl. The lowest BCUT2D eigenvalue weighted by atomic mass is 9.57. The molecule has 3 aliphatic carbocycles. The first-order valence-corrected chi connectivity index (χ1v) is 14.1. The molecule has 1 saturated heterocycles. The van der Waals surface area contributed by atoms with Gasteiger partial charge in [0, 0.05) is 41.2 Å². The molecule has 0 radical (unpaired) electrons. The number of nitrogens with zero attached hydrogens (tertiary/aromatic N) is 2. The van der Waals surface area contributed by atoms with E-state index in [1.165, 1.54) is 18.1 Å². The van der Waals surface area contributed by atoms with Gasteiger partial charge < -0.3 is 30.9 Å². The molecule has 1 aromatic carbocycles. The van der Waals surface area contributed by atoms with Gasteiger partial charge in [-0.15, -0.1) is 24.8 Å². The number of carbonyl (C=O) groups is 3. The third-order valence-electron chi connectivity index (χ3n) is 9.68. The van der Waals surface area contributed by atoms with Crippen LogP contribution in [-0.4, -0.2) is 92.6 Å². The molecule has 0 bridgehead atoms. The van der Waals surface area contributed by atoms with E-state index in [4.69, 9.17) is 10.5 Å². The number of rotatable bonds is 5. The van der Waals surface area contributed by atoms with E-state index in [1.807, 2.05) is 0 Å². The van der Waals surface area contributed by atoms with Gasteiger partial charge in [-0.2, -0.15) is 0 Å². The van der Waals surface area contributed by atoms with Crippen LogP contribution in [0, 0.1) is 11.8 Å². The first kappa shape index (κ1) is 34.7. The number of phenols is 1. The molecule has 2 fully saturated rings. The zero-order valence-corrected chi connectivity index (χ0v) is 26.5. The Morgan fingerprint density at radius 3 is 2.28 bits per heavy atom. The van der Waals surface area contributed by atoms with E-state index in [0.29, 0.717) is 29.9 Å². The van der Waals surface area contributed by atoms with Crippen LogP contribution in [0.3, 0.4) is 0 Å². The number of aliphatic hydroxyl groups is 3. The van der Waals surface area contributed by atoms with Crippen LogP contribution in [0.4, 0.5) is 0 Å². The van der Waals surface area contributed by atoms with Gasteiger partial charge in [-0.3, -0.25) is 24.2 Å². The maximum atomic E-state index is 14.0. The largest absolute Gasteiger partial charge is 0.508 e. The number of hydrogen-bond donors (Lipinski definition) is 5. The molecule has 238 valence electrons. The van der Waals surface area contributed by atoms with Crippen LogP contribution in [0.2, 0.25) is 0 Å². The van der Waals surface area contributed by atoms with Crippen molar-refractivity contribution in [3.8, 4) is 11.5 Å². The van der Waals surface area contributed by atoms with Crippen LogP contribution >= 0.6 is 24.8 Å². The van der Waals surface area contributed by atoms with E-state index < -0.39 is 58.0 Å². The number of benzene rings is 1. The van der Waals surface area contributed by atoms with Gasteiger partial charge in [0.2, 0.25) is 5.78 Å². The van der Waals surface area contributed by atoms with Crippen molar-refractivity contribution in [1.82, 2.24) is 9.80 Å². The summed E-state index contributed by atoms with van der Waals surface area (Å²) in [4.78, 5) is 43.3. The summed E-state index contributed by atoms with van der Waals surface area (Å²) < 4.78 is 5.86. The summed E-state index contributed by atoms with van der Waals surface area (Å²) in [6.07, 6.45) is 3.49. The Hall–Kier alpha value is -2.83. The molecule has 4 aliphatic rings. The van der Waals surface area contributed by atoms with Crippen LogP contribution in [0.25, 0.3) is 5.76 Å². The van der Waals surface area contributed by atoms with Gasteiger partial charge in [0.25, 0.3) is 5.91 Å². The van der Waals surface area contributed by atoms with Gasteiger partial charge >= 0.3 is 0 Å². The summed E-state index contributed by atoms with van der Waals surface area (Å²) in [7, 11) is 4.67. The van der Waals surface area contributed by atoms with Gasteiger partial charge in [-0.1, -0.05) is 6.42 Å². The Balaban J connectivity index is 0.00000253. The number of methoxy groups -OCH3 is 1. The Morgan fingerprint density at radius 2 is 1.74 bits per heavy atom. The molecule has 1 saturated carbocycles. The van der Waals surface area contributed by atoms with Gasteiger partial charge in [0.15, 0.2) is 11.4 Å². The Labute approximate surface area is 263 Å². The molecule has 43 heavy (non-hydrogen) atoms. The normalized spacial score (nSPS) is 30.6. The van der Waals surface area contributed by atoms with Crippen molar-refractivity contribution >= 4 is 48.0 Å². The number of fused-ring (bicyclic) bond motifs is 3. The smallest absolute Gasteiger partial charge is 0.255 e. The summed E-state index contributed by atoms with van der Waals surface area (Å²) >= 11 is 0. The molecule has 1 heterocycles. The van der Waals surface area contributed by atoms with Crippen molar-refractivity contribution in [3.05, 3.63) is 39.7 Å². The molecule has 1 amide bonds. The quantitative estimate of drug-likeness (QED) is 0.301. The number of amides is 1. The number of primary amides is 1. The molecule has 5 rings (SSSR count). The number of ether oxygens (including phenoxy) is 1. The fraction of sp³-hybridized carbons (Fsp3) is 0.567. The van der Waals surface area contributed by atoms with E-state index in [1.54, 1.807) is 14.1 Å². The highest BCUT2D eigenvalue weighted by Gasteiger charge is 2.64. The number of piperidine rings is 1. The second-order valence-corrected chi connectivity index (χ2v) is 12.2.